The third-order valence-corrected chi connectivity index (χ3v) is 8.12. The number of hydrogen-bond donors (Lipinski definition) is 2. The summed E-state index contributed by atoms with van der Waals surface area (Å²) in [4.78, 5) is 26.4. The number of nitrogens with one attached hydrogen (secondary N) is 2. The van der Waals surface area contributed by atoms with Crippen molar-refractivity contribution in [1.82, 2.24) is 20.4 Å². The van der Waals surface area contributed by atoms with Crippen molar-refractivity contribution >= 4 is 11.8 Å². The average Bonchev–Trinajstić information content (AvgIpc) is 3.32. The molecule has 8 nitrogen and oxygen atoms in total. The Morgan fingerprint density at radius 2 is 1.72 bits per heavy atom. The molecule has 2 saturated carbocycles. The van der Waals surface area contributed by atoms with E-state index in [0.29, 0.717) is 42.0 Å². The van der Waals surface area contributed by atoms with Crippen molar-refractivity contribution in [3.8, 4) is 22.8 Å². The zero-order valence-corrected chi connectivity index (χ0v) is 24.1. The number of aromatic nitrogens is 2. The van der Waals surface area contributed by atoms with Crippen LogP contribution in [0.2, 0.25) is 0 Å². The zero-order chi connectivity index (χ0) is 27.8. The summed E-state index contributed by atoms with van der Waals surface area (Å²) >= 11 is 0. The van der Waals surface area contributed by atoms with Crippen LogP contribution in [0.1, 0.15) is 95.0 Å². The Balaban J connectivity index is 1.55. The van der Waals surface area contributed by atoms with E-state index in [1.165, 1.54) is 38.5 Å². The van der Waals surface area contributed by atoms with E-state index in [4.69, 9.17) is 14.6 Å². The van der Waals surface area contributed by atoms with Crippen molar-refractivity contribution < 1.29 is 19.1 Å². The molecule has 39 heavy (non-hydrogen) atoms. The van der Waals surface area contributed by atoms with Crippen molar-refractivity contribution in [2.75, 3.05) is 14.2 Å². The molecule has 1 aromatic heterocycles. The van der Waals surface area contributed by atoms with Gasteiger partial charge in [0, 0.05) is 25.0 Å². The van der Waals surface area contributed by atoms with Crippen molar-refractivity contribution in [3.63, 3.8) is 0 Å². The van der Waals surface area contributed by atoms with E-state index >= 15 is 0 Å². The summed E-state index contributed by atoms with van der Waals surface area (Å²) in [6.07, 6.45) is 11.8. The predicted octanol–water partition coefficient (Wildman–Crippen LogP) is 5.74. The lowest BCUT2D eigenvalue weighted by Crippen LogP contribution is -2.44. The largest absolute Gasteiger partial charge is 0.496 e. The third-order valence-electron chi connectivity index (χ3n) is 8.12. The molecule has 0 spiro atoms. The van der Waals surface area contributed by atoms with Gasteiger partial charge >= 0.3 is 0 Å². The lowest BCUT2D eigenvalue weighted by atomic mass is 9.85. The average molecular weight is 539 g/mol. The summed E-state index contributed by atoms with van der Waals surface area (Å²) in [7, 11) is 3.25. The van der Waals surface area contributed by atoms with Gasteiger partial charge in [0.25, 0.3) is 5.91 Å². The van der Waals surface area contributed by atoms with Crippen molar-refractivity contribution in [3.05, 3.63) is 30.0 Å². The number of methoxy groups -OCH3 is 2. The van der Waals surface area contributed by atoms with E-state index in [-0.39, 0.29) is 23.9 Å². The van der Waals surface area contributed by atoms with Crippen LogP contribution in [0, 0.1) is 11.8 Å². The minimum Gasteiger partial charge on any atom is -0.496 e. The first kappa shape index (κ1) is 29.0. The fourth-order valence-electron chi connectivity index (χ4n) is 5.78. The molecule has 2 amide bonds. The van der Waals surface area contributed by atoms with Gasteiger partial charge in [0.05, 0.1) is 25.5 Å². The van der Waals surface area contributed by atoms with Gasteiger partial charge < -0.3 is 20.1 Å². The standard InChI is InChI=1S/C31H46N4O4/c1-21(2)20-35-26(30-27(38-3)14-9-15-28(30)39-4)19-25(34-35)31(37)33-24(17-16-22-10-6-5-7-11-22)18-29(36)32-23-12-8-13-23/h9,14-15,19,21-24H,5-8,10-13,16-18,20H2,1-4H3,(H,32,36)(H,33,37)/t24-/m0/s1. The summed E-state index contributed by atoms with van der Waals surface area (Å²) < 4.78 is 13.2. The highest BCUT2D eigenvalue weighted by molar-refractivity contribution is 5.94. The van der Waals surface area contributed by atoms with Gasteiger partial charge in [-0.25, -0.2) is 0 Å². The molecule has 2 aromatic rings. The van der Waals surface area contributed by atoms with Crippen LogP contribution in [0.4, 0.5) is 0 Å². The third kappa shape index (κ3) is 7.76. The Bertz CT molecular complexity index is 1080. The SMILES string of the molecule is COc1cccc(OC)c1-c1cc(C(=O)N[C@@H](CCC2CCCCC2)CC(=O)NC2CCC2)nn1CC(C)C. The second kappa shape index (κ2) is 13.9. The van der Waals surface area contributed by atoms with E-state index in [1.54, 1.807) is 14.2 Å². The number of hydrogen-bond acceptors (Lipinski definition) is 5. The van der Waals surface area contributed by atoms with Crippen LogP contribution < -0.4 is 20.1 Å². The molecule has 1 aromatic carbocycles. The molecule has 2 N–H and O–H groups in total. The summed E-state index contributed by atoms with van der Waals surface area (Å²) in [6, 6.07) is 7.52. The van der Waals surface area contributed by atoms with Crippen LogP contribution in [0.15, 0.2) is 24.3 Å². The van der Waals surface area contributed by atoms with Gasteiger partial charge in [-0.1, -0.05) is 52.0 Å². The summed E-state index contributed by atoms with van der Waals surface area (Å²) in [5.41, 5.74) is 1.87. The lowest BCUT2D eigenvalue weighted by Gasteiger charge is -2.28. The molecule has 0 aliphatic heterocycles. The smallest absolute Gasteiger partial charge is 0.272 e. The Labute approximate surface area is 233 Å². The van der Waals surface area contributed by atoms with Crippen LogP contribution in [-0.4, -0.2) is 47.9 Å². The van der Waals surface area contributed by atoms with Crippen LogP contribution in [0.3, 0.4) is 0 Å². The van der Waals surface area contributed by atoms with Gasteiger partial charge in [0.1, 0.15) is 11.5 Å². The highest BCUT2D eigenvalue weighted by Gasteiger charge is 2.26. The second-order valence-electron chi connectivity index (χ2n) is 11.7. The molecule has 0 radical (unpaired) electrons. The summed E-state index contributed by atoms with van der Waals surface area (Å²) in [5.74, 6) is 2.09. The molecule has 0 saturated heterocycles. The Morgan fingerprint density at radius 1 is 1.03 bits per heavy atom. The molecule has 1 heterocycles. The minimum absolute atomic E-state index is 0.0263. The Hall–Kier alpha value is -3.03. The summed E-state index contributed by atoms with van der Waals surface area (Å²) in [5, 5.41) is 11.0. The van der Waals surface area contributed by atoms with E-state index in [9.17, 15) is 9.59 Å². The lowest BCUT2D eigenvalue weighted by molar-refractivity contribution is -0.122. The second-order valence-corrected chi connectivity index (χ2v) is 11.7. The quantitative estimate of drug-likeness (QED) is 0.339. The highest BCUT2D eigenvalue weighted by Crippen LogP contribution is 2.39. The molecule has 214 valence electrons. The molecule has 8 heteroatoms. The van der Waals surface area contributed by atoms with Crippen LogP contribution in [0.5, 0.6) is 11.5 Å². The monoisotopic (exact) mass is 538 g/mol. The number of amides is 2. The number of benzene rings is 1. The first-order valence-corrected chi connectivity index (χ1v) is 14.8. The Morgan fingerprint density at radius 3 is 2.31 bits per heavy atom. The number of rotatable bonds is 13. The predicted molar refractivity (Wildman–Crippen MR) is 153 cm³/mol. The van der Waals surface area contributed by atoms with Gasteiger partial charge in [-0.3, -0.25) is 14.3 Å². The van der Waals surface area contributed by atoms with Gasteiger partial charge in [-0.15, -0.1) is 0 Å². The van der Waals surface area contributed by atoms with Gasteiger partial charge in [0.2, 0.25) is 5.91 Å². The van der Waals surface area contributed by atoms with E-state index in [2.05, 4.69) is 24.5 Å². The first-order chi connectivity index (χ1) is 18.9. The van der Waals surface area contributed by atoms with Gasteiger partial charge in [-0.05, 0) is 62.1 Å². The molecule has 0 bridgehead atoms. The Kier molecular flexibility index (Phi) is 10.3. The number of carbonyl (C=O) groups excluding carboxylic acids is 2. The van der Waals surface area contributed by atoms with Crippen molar-refractivity contribution in [2.45, 2.75) is 103 Å². The number of ether oxygens (including phenoxy) is 2. The molecule has 2 aliphatic carbocycles. The number of carbonyl (C=O) groups is 2. The molecular weight excluding hydrogens is 492 g/mol. The first-order valence-electron chi connectivity index (χ1n) is 14.8. The maximum Gasteiger partial charge on any atom is 0.272 e. The fraction of sp³-hybridized carbons (Fsp3) is 0.645. The topological polar surface area (TPSA) is 94.5 Å². The zero-order valence-electron chi connectivity index (χ0n) is 24.1. The normalized spacial score (nSPS) is 16.9. The van der Waals surface area contributed by atoms with E-state index in [0.717, 1.165) is 36.9 Å². The van der Waals surface area contributed by atoms with Gasteiger partial charge in [0.15, 0.2) is 5.69 Å². The maximum atomic E-state index is 13.6. The fourth-order valence-corrected chi connectivity index (χ4v) is 5.78. The van der Waals surface area contributed by atoms with Crippen LogP contribution in [-0.2, 0) is 11.3 Å². The molecule has 2 fully saturated rings. The summed E-state index contributed by atoms with van der Waals surface area (Å²) in [6.45, 7) is 4.87. The number of nitrogens with zero attached hydrogens (tertiary/aromatic N) is 2. The van der Waals surface area contributed by atoms with E-state index < -0.39 is 0 Å². The van der Waals surface area contributed by atoms with E-state index in [1.807, 2.05) is 28.9 Å². The highest BCUT2D eigenvalue weighted by atomic mass is 16.5. The van der Waals surface area contributed by atoms with Crippen molar-refractivity contribution in [2.24, 2.45) is 11.8 Å². The molecular formula is C31H46N4O4. The molecule has 0 unspecified atom stereocenters. The van der Waals surface area contributed by atoms with Crippen molar-refractivity contribution in [1.29, 1.82) is 0 Å². The molecule has 1 atom stereocenters. The minimum atomic E-state index is -0.252. The molecule has 4 rings (SSSR count). The van der Waals surface area contributed by atoms with Crippen LogP contribution >= 0.6 is 0 Å². The maximum absolute atomic E-state index is 13.6. The van der Waals surface area contributed by atoms with Gasteiger partial charge in [-0.2, -0.15) is 5.10 Å². The molecule has 2 aliphatic rings. The van der Waals surface area contributed by atoms with Crippen LogP contribution in [0.25, 0.3) is 11.3 Å².